The minimum Gasteiger partial charge on any atom is -0.458 e. The summed E-state index contributed by atoms with van der Waals surface area (Å²) in [5.41, 5.74) is 0. The van der Waals surface area contributed by atoms with Gasteiger partial charge < -0.3 is 9.64 Å². The molecule has 0 aromatic rings. The first-order valence-electron chi connectivity index (χ1n) is 2.05. The summed E-state index contributed by atoms with van der Waals surface area (Å²) in [6.07, 6.45) is -0.319. The number of carbonyl (C=O) groups is 1. The Kier molecular flexibility index (Phi) is 0.889. The standard InChI is InChI=1S/C4H6NO2/c1-5-2-3-7-4(5)6/h1-3H2/q-1. The van der Waals surface area contributed by atoms with Crippen LogP contribution in [0.1, 0.15) is 0 Å². The van der Waals surface area contributed by atoms with Gasteiger partial charge >= 0.3 is 6.09 Å². The number of hydrogen-bond acceptors (Lipinski definition) is 2. The molecule has 0 aliphatic carbocycles. The van der Waals surface area contributed by atoms with E-state index >= 15 is 0 Å². The molecule has 3 nitrogen and oxygen atoms in total. The van der Waals surface area contributed by atoms with Gasteiger partial charge in [0.05, 0.1) is 0 Å². The number of ether oxygens (including phenoxy) is 1. The third kappa shape index (κ3) is 0.656. The quantitative estimate of drug-likeness (QED) is 0.408. The molecule has 1 fully saturated rings. The summed E-state index contributed by atoms with van der Waals surface area (Å²) in [7, 11) is 3.38. The summed E-state index contributed by atoms with van der Waals surface area (Å²) in [5, 5.41) is 0. The Bertz CT molecular complexity index is 91.7. The Labute approximate surface area is 41.9 Å². The van der Waals surface area contributed by atoms with Crippen LogP contribution in [0.5, 0.6) is 0 Å². The second kappa shape index (κ2) is 1.40. The summed E-state index contributed by atoms with van der Waals surface area (Å²) >= 11 is 0. The molecule has 1 amide bonds. The van der Waals surface area contributed by atoms with Gasteiger partial charge in [-0.1, -0.05) is 0 Å². The maximum Gasteiger partial charge on any atom is 0.379 e. The Morgan fingerprint density at radius 3 is 2.71 bits per heavy atom. The van der Waals surface area contributed by atoms with Crippen molar-refractivity contribution in [2.24, 2.45) is 0 Å². The molecule has 0 saturated carbocycles. The molecule has 0 aromatic heterocycles. The minimum absolute atomic E-state index is 0.319. The molecule has 1 aliphatic rings. The average Bonchev–Trinajstić information content (AvgIpc) is 1.91. The van der Waals surface area contributed by atoms with Crippen LogP contribution in [0.3, 0.4) is 0 Å². The van der Waals surface area contributed by atoms with Crippen LogP contribution in [0.4, 0.5) is 4.79 Å². The average molecular weight is 100 g/mol. The van der Waals surface area contributed by atoms with Gasteiger partial charge in [0, 0.05) is 6.54 Å². The van der Waals surface area contributed by atoms with Crippen molar-refractivity contribution in [1.82, 2.24) is 4.90 Å². The van der Waals surface area contributed by atoms with E-state index in [4.69, 9.17) is 0 Å². The normalized spacial score (nSPS) is 20.1. The fraction of sp³-hybridized carbons (Fsp3) is 0.500. The monoisotopic (exact) mass is 100 g/mol. The van der Waals surface area contributed by atoms with Crippen LogP contribution in [0.15, 0.2) is 0 Å². The molecule has 0 N–H and O–H groups in total. The molecular formula is C4H6NO2-. The fourth-order valence-electron chi connectivity index (χ4n) is 0.426. The minimum atomic E-state index is -0.319. The first-order chi connectivity index (χ1) is 3.30. The van der Waals surface area contributed by atoms with Crippen molar-refractivity contribution < 1.29 is 9.53 Å². The van der Waals surface area contributed by atoms with Crippen LogP contribution in [0.25, 0.3) is 0 Å². The fourth-order valence-corrected chi connectivity index (χ4v) is 0.426. The van der Waals surface area contributed by atoms with Gasteiger partial charge in [-0.3, -0.25) is 0 Å². The zero-order chi connectivity index (χ0) is 5.28. The predicted octanol–water partition coefficient (Wildman–Crippen LogP) is 0.230. The molecule has 1 aliphatic heterocycles. The van der Waals surface area contributed by atoms with Crippen LogP contribution >= 0.6 is 0 Å². The van der Waals surface area contributed by atoms with Crippen LogP contribution in [0.2, 0.25) is 0 Å². The van der Waals surface area contributed by atoms with E-state index in [1.54, 1.807) is 0 Å². The summed E-state index contributed by atoms with van der Waals surface area (Å²) in [6, 6.07) is 0. The lowest BCUT2D eigenvalue weighted by Gasteiger charge is -2.10. The summed E-state index contributed by atoms with van der Waals surface area (Å²) in [5.74, 6) is 0. The van der Waals surface area contributed by atoms with E-state index in [9.17, 15) is 4.79 Å². The highest BCUT2D eigenvalue weighted by atomic mass is 16.6. The zero-order valence-corrected chi connectivity index (χ0v) is 3.89. The maximum absolute atomic E-state index is 10.2. The topological polar surface area (TPSA) is 29.5 Å². The first kappa shape index (κ1) is 4.43. The zero-order valence-electron chi connectivity index (χ0n) is 3.89. The van der Waals surface area contributed by atoms with Crippen molar-refractivity contribution in [2.75, 3.05) is 13.2 Å². The van der Waals surface area contributed by atoms with E-state index in [0.29, 0.717) is 13.2 Å². The van der Waals surface area contributed by atoms with Gasteiger partial charge in [0.15, 0.2) is 0 Å². The summed E-state index contributed by atoms with van der Waals surface area (Å²) < 4.78 is 4.49. The van der Waals surface area contributed by atoms with E-state index in [0.717, 1.165) is 0 Å². The molecule has 0 bridgehead atoms. The first-order valence-corrected chi connectivity index (χ1v) is 2.05. The van der Waals surface area contributed by atoms with Gasteiger partial charge in [-0.25, -0.2) is 11.8 Å². The van der Waals surface area contributed by atoms with Gasteiger partial charge in [-0.05, 0) is 0 Å². The second-order valence-corrected chi connectivity index (χ2v) is 1.38. The van der Waals surface area contributed by atoms with Gasteiger partial charge in [0.25, 0.3) is 0 Å². The molecule has 40 valence electrons. The van der Waals surface area contributed by atoms with Crippen LogP contribution < -0.4 is 0 Å². The van der Waals surface area contributed by atoms with E-state index in [1.807, 2.05) is 0 Å². The van der Waals surface area contributed by atoms with E-state index in [2.05, 4.69) is 11.8 Å². The van der Waals surface area contributed by atoms with Gasteiger partial charge in [0.2, 0.25) is 0 Å². The highest BCUT2D eigenvalue weighted by molar-refractivity contribution is 5.69. The molecule has 1 heterocycles. The highest BCUT2D eigenvalue weighted by Crippen LogP contribution is 1.98. The van der Waals surface area contributed by atoms with Crippen molar-refractivity contribution >= 4 is 6.09 Å². The molecule has 0 unspecified atom stereocenters. The third-order valence-corrected chi connectivity index (χ3v) is 0.845. The Hall–Kier alpha value is -0.730. The van der Waals surface area contributed by atoms with Gasteiger partial charge in [-0.2, -0.15) is 0 Å². The van der Waals surface area contributed by atoms with Crippen molar-refractivity contribution in [1.29, 1.82) is 0 Å². The van der Waals surface area contributed by atoms with Crippen LogP contribution in [-0.4, -0.2) is 24.1 Å². The molecular weight excluding hydrogens is 94.0 g/mol. The third-order valence-electron chi connectivity index (χ3n) is 0.845. The van der Waals surface area contributed by atoms with Gasteiger partial charge in [-0.15, -0.1) is 0 Å². The number of cyclic esters (lactones) is 1. The van der Waals surface area contributed by atoms with E-state index < -0.39 is 0 Å². The van der Waals surface area contributed by atoms with E-state index in [-0.39, 0.29) is 6.09 Å². The number of carbonyl (C=O) groups excluding carboxylic acids is 1. The number of nitrogens with zero attached hydrogens (tertiary/aromatic N) is 1. The lowest BCUT2D eigenvalue weighted by Crippen LogP contribution is -2.14. The van der Waals surface area contributed by atoms with Crippen molar-refractivity contribution in [3.05, 3.63) is 7.05 Å². The van der Waals surface area contributed by atoms with Crippen LogP contribution in [-0.2, 0) is 4.74 Å². The van der Waals surface area contributed by atoms with Crippen molar-refractivity contribution in [2.45, 2.75) is 0 Å². The van der Waals surface area contributed by atoms with E-state index in [1.165, 1.54) is 4.90 Å². The van der Waals surface area contributed by atoms with Crippen molar-refractivity contribution in [3.8, 4) is 0 Å². The molecule has 1 saturated heterocycles. The maximum atomic E-state index is 10.2. The number of amides is 1. The number of hydrogen-bond donors (Lipinski definition) is 0. The summed E-state index contributed by atoms with van der Waals surface area (Å²) in [6.45, 7) is 1.11. The molecule has 0 atom stereocenters. The predicted molar refractivity (Wildman–Crippen MR) is 23.4 cm³/mol. The largest absolute Gasteiger partial charge is 0.458 e. The Balaban J connectivity index is 2.48. The SMILES string of the molecule is [CH2-]N1CCOC1=O. The lowest BCUT2D eigenvalue weighted by atomic mass is 10.7. The molecule has 1 rings (SSSR count). The second-order valence-electron chi connectivity index (χ2n) is 1.38. The molecule has 7 heavy (non-hydrogen) atoms. The molecule has 3 heteroatoms. The Morgan fingerprint density at radius 2 is 2.57 bits per heavy atom. The molecule has 0 aromatic carbocycles. The lowest BCUT2D eigenvalue weighted by molar-refractivity contribution is 0.165. The van der Waals surface area contributed by atoms with Crippen LogP contribution in [0, 0.1) is 7.05 Å². The number of rotatable bonds is 0. The molecule has 0 radical (unpaired) electrons. The molecule has 0 spiro atoms. The Morgan fingerprint density at radius 1 is 1.86 bits per heavy atom. The van der Waals surface area contributed by atoms with Crippen molar-refractivity contribution in [3.63, 3.8) is 0 Å². The summed E-state index contributed by atoms with van der Waals surface area (Å²) in [4.78, 5) is 11.5. The van der Waals surface area contributed by atoms with Gasteiger partial charge in [0.1, 0.15) is 6.61 Å². The smallest absolute Gasteiger partial charge is 0.379 e. The highest BCUT2D eigenvalue weighted by Gasteiger charge is 2.10.